The van der Waals surface area contributed by atoms with Gasteiger partial charge in [0, 0.05) is 13.1 Å². The van der Waals surface area contributed by atoms with E-state index in [2.05, 4.69) is 5.32 Å². The number of hydrogen-bond donors (Lipinski definition) is 2. The summed E-state index contributed by atoms with van der Waals surface area (Å²) in [6.07, 6.45) is 0.588. The highest BCUT2D eigenvalue weighted by atomic mass is 32.1. The van der Waals surface area contributed by atoms with Gasteiger partial charge < -0.3 is 16.0 Å². The molecule has 0 radical (unpaired) electrons. The van der Waals surface area contributed by atoms with Crippen LogP contribution in [0.5, 0.6) is 0 Å². The summed E-state index contributed by atoms with van der Waals surface area (Å²) in [6.45, 7) is 6.25. The second kappa shape index (κ2) is 5.00. The number of amides is 2. The number of carbonyl (C=O) groups excluding carboxylic acids is 2. The quantitative estimate of drug-likeness (QED) is 0.700. The predicted octanol–water partition coefficient (Wildman–Crippen LogP) is 0.0357. The summed E-state index contributed by atoms with van der Waals surface area (Å²) in [5, 5.41) is 2.75. The highest BCUT2D eigenvalue weighted by molar-refractivity contribution is 7.80. The summed E-state index contributed by atoms with van der Waals surface area (Å²) in [5.41, 5.74) is 4.68. The van der Waals surface area contributed by atoms with Gasteiger partial charge in [0.1, 0.15) is 6.04 Å². The number of rotatable bonds is 3. The summed E-state index contributed by atoms with van der Waals surface area (Å²) >= 11 is 4.91. The molecule has 1 saturated heterocycles. The van der Waals surface area contributed by atoms with Crippen LogP contribution in [0.1, 0.15) is 27.2 Å². The van der Waals surface area contributed by atoms with Crippen LogP contribution in [0.2, 0.25) is 0 Å². The molecule has 0 aliphatic carbocycles. The lowest BCUT2D eigenvalue weighted by Crippen LogP contribution is -2.60. The third kappa shape index (κ3) is 2.57. The van der Waals surface area contributed by atoms with E-state index in [9.17, 15) is 9.59 Å². The Hall–Kier alpha value is -1.17. The number of nitrogens with one attached hydrogen (secondary N) is 1. The molecule has 1 fully saturated rings. The molecule has 1 heterocycles. The van der Waals surface area contributed by atoms with E-state index >= 15 is 0 Å². The molecule has 0 aromatic carbocycles. The number of hydrogen-bond acceptors (Lipinski definition) is 3. The minimum Gasteiger partial charge on any atom is -0.392 e. The lowest BCUT2D eigenvalue weighted by atomic mass is 9.90. The van der Waals surface area contributed by atoms with E-state index in [0.29, 0.717) is 19.5 Å². The first-order chi connectivity index (χ1) is 7.82. The average molecular weight is 257 g/mol. The first-order valence-electron chi connectivity index (χ1n) is 5.71. The minimum absolute atomic E-state index is 0.106. The van der Waals surface area contributed by atoms with Gasteiger partial charge in [0.05, 0.1) is 10.4 Å². The van der Waals surface area contributed by atoms with Crippen molar-refractivity contribution in [1.29, 1.82) is 0 Å². The van der Waals surface area contributed by atoms with E-state index in [0.717, 1.165) is 0 Å². The summed E-state index contributed by atoms with van der Waals surface area (Å²) in [5.74, 6) is -0.280. The van der Waals surface area contributed by atoms with Gasteiger partial charge in [-0.3, -0.25) is 9.59 Å². The molecule has 17 heavy (non-hydrogen) atoms. The molecule has 3 N–H and O–H groups in total. The molecule has 1 rings (SSSR count). The van der Waals surface area contributed by atoms with Crippen molar-refractivity contribution in [2.75, 3.05) is 13.1 Å². The Morgan fingerprint density at radius 1 is 1.65 bits per heavy atom. The smallest absolute Gasteiger partial charge is 0.242 e. The van der Waals surface area contributed by atoms with Gasteiger partial charge in [-0.05, 0) is 20.3 Å². The van der Waals surface area contributed by atoms with Crippen LogP contribution in [0.15, 0.2) is 0 Å². The molecule has 1 aliphatic rings. The molecule has 6 heteroatoms. The van der Waals surface area contributed by atoms with Crippen LogP contribution in [-0.4, -0.2) is 40.8 Å². The van der Waals surface area contributed by atoms with Crippen molar-refractivity contribution in [1.82, 2.24) is 10.2 Å². The van der Waals surface area contributed by atoms with E-state index in [1.807, 2.05) is 6.92 Å². The topological polar surface area (TPSA) is 75.4 Å². The van der Waals surface area contributed by atoms with Gasteiger partial charge in [-0.2, -0.15) is 0 Å². The normalized spacial score (nSPS) is 21.0. The number of thiocarbonyl (C=S) groups is 1. The van der Waals surface area contributed by atoms with Crippen molar-refractivity contribution in [2.24, 2.45) is 11.1 Å². The van der Waals surface area contributed by atoms with Crippen molar-refractivity contribution in [3.05, 3.63) is 0 Å². The van der Waals surface area contributed by atoms with Crippen LogP contribution in [0.25, 0.3) is 0 Å². The number of piperazine rings is 1. The van der Waals surface area contributed by atoms with E-state index < -0.39 is 11.5 Å². The van der Waals surface area contributed by atoms with Crippen molar-refractivity contribution in [2.45, 2.75) is 33.2 Å². The molecule has 2 amide bonds. The molecule has 0 aromatic rings. The third-order valence-corrected chi connectivity index (χ3v) is 3.64. The van der Waals surface area contributed by atoms with Gasteiger partial charge in [-0.25, -0.2) is 0 Å². The van der Waals surface area contributed by atoms with Crippen molar-refractivity contribution in [3.8, 4) is 0 Å². The zero-order valence-corrected chi connectivity index (χ0v) is 11.3. The zero-order chi connectivity index (χ0) is 13.2. The van der Waals surface area contributed by atoms with Crippen LogP contribution >= 0.6 is 12.2 Å². The van der Waals surface area contributed by atoms with Crippen LogP contribution in [0, 0.1) is 5.41 Å². The summed E-state index contributed by atoms with van der Waals surface area (Å²) < 4.78 is 0. The first kappa shape index (κ1) is 13.9. The zero-order valence-electron chi connectivity index (χ0n) is 10.4. The van der Waals surface area contributed by atoms with Gasteiger partial charge in [0.15, 0.2) is 0 Å². The molecule has 0 aromatic heterocycles. The van der Waals surface area contributed by atoms with E-state index in [1.54, 1.807) is 18.7 Å². The van der Waals surface area contributed by atoms with E-state index in [4.69, 9.17) is 18.0 Å². The predicted molar refractivity (Wildman–Crippen MR) is 69.4 cm³/mol. The highest BCUT2D eigenvalue weighted by Gasteiger charge is 2.40. The maximum Gasteiger partial charge on any atom is 0.242 e. The fourth-order valence-electron chi connectivity index (χ4n) is 1.83. The second-order valence-electron chi connectivity index (χ2n) is 4.70. The molecule has 0 bridgehead atoms. The molecule has 0 spiro atoms. The number of nitrogens with zero attached hydrogens (tertiary/aromatic N) is 1. The second-order valence-corrected chi connectivity index (χ2v) is 5.14. The fraction of sp³-hybridized carbons (Fsp3) is 0.727. The van der Waals surface area contributed by atoms with Gasteiger partial charge in [-0.1, -0.05) is 19.1 Å². The Bertz CT molecular complexity index is 355. The summed E-state index contributed by atoms with van der Waals surface area (Å²) in [6, 6.07) is -0.412. The SMILES string of the molecule is CCC1C(=O)NCCN1C(=O)C(C)(C)C(N)=S. The Morgan fingerprint density at radius 2 is 2.24 bits per heavy atom. The monoisotopic (exact) mass is 257 g/mol. The third-order valence-electron chi connectivity index (χ3n) is 3.13. The summed E-state index contributed by atoms with van der Waals surface area (Å²) in [4.78, 5) is 25.8. The molecule has 96 valence electrons. The van der Waals surface area contributed by atoms with Crippen LogP contribution in [0.4, 0.5) is 0 Å². The van der Waals surface area contributed by atoms with Gasteiger partial charge >= 0.3 is 0 Å². The molecule has 0 saturated carbocycles. The average Bonchev–Trinajstić information content (AvgIpc) is 2.27. The summed E-state index contributed by atoms with van der Waals surface area (Å²) in [7, 11) is 0. The molecule has 1 aliphatic heterocycles. The Balaban J connectivity index is 2.94. The molecular weight excluding hydrogens is 238 g/mol. The Kier molecular flexibility index (Phi) is 4.08. The lowest BCUT2D eigenvalue weighted by Gasteiger charge is -2.38. The van der Waals surface area contributed by atoms with Crippen LogP contribution in [-0.2, 0) is 9.59 Å². The fourth-order valence-corrected chi connectivity index (χ4v) is 1.92. The lowest BCUT2D eigenvalue weighted by molar-refractivity contribution is -0.147. The minimum atomic E-state index is -0.902. The molecule has 5 nitrogen and oxygen atoms in total. The highest BCUT2D eigenvalue weighted by Crippen LogP contribution is 2.22. The molecule has 1 unspecified atom stereocenters. The molecular formula is C11H19N3O2S. The van der Waals surface area contributed by atoms with Gasteiger partial charge in [0.2, 0.25) is 11.8 Å². The van der Waals surface area contributed by atoms with Crippen molar-refractivity contribution < 1.29 is 9.59 Å². The van der Waals surface area contributed by atoms with Crippen molar-refractivity contribution >= 4 is 29.0 Å². The maximum atomic E-state index is 12.4. The molecule has 1 atom stereocenters. The number of carbonyl (C=O) groups is 2. The Labute approximate surface area is 107 Å². The van der Waals surface area contributed by atoms with Gasteiger partial charge in [0.25, 0.3) is 0 Å². The maximum absolute atomic E-state index is 12.4. The van der Waals surface area contributed by atoms with E-state index in [1.165, 1.54) is 0 Å². The van der Waals surface area contributed by atoms with Gasteiger partial charge in [-0.15, -0.1) is 0 Å². The largest absolute Gasteiger partial charge is 0.392 e. The Morgan fingerprint density at radius 3 is 2.71 bits per heavy atom. The van der Waals surface area contributed by atoms with Crippen molar-refractivity contribution in [3.63, 3.8) is 0 Å². The van der Waals surface area contributed by atoms with Crippen LogP contribution < -0.4 is 11.1 Å². The standard InChI is InChI=1S/C11H19N3O2S/c1-4-7-8(15)13-5-6-14(7)10(16)11(2,3)9(12)17/h7H,4-6H2,1-3H3,(H2,12,17)(H,13,15). The van der Waals surface area contributed by atoms with Crippen LogP contribution in [0.3, 0.4) is 0 Å². The van der Waals surface area contributed by atoms with E-state index in [-0.39, 0.29) is 16.8 Å². The number of nitrogens with two attached hydrogens (primary N) is 1. The first-order valence-corrected chi connectivity index (χ1v) is 6.11.